The van der Waals surface area contributed by atoms with Crippen LogP contribution in [0.5, 0.6) is 5.75 Å². The molecule has 1 N–H and O–H groups in total. The highest BCUT2D eigenvalue weighted by molar-refractivity contribution is 7.99. The van der Waals surface area contributed by atoms with Crippen molar-refractivity contribution in [2.45, 2.75) is 31.4 Å². The zero-order chi connectivity index (χ0) is 23.0. The van der Waals surface area contributed by atoms with Crippen molar-refractivity contribution in [1.82, 2.24) is 0 Å². The lowest BCUT2D eigenvalue weighted by atomic mass is 9.91. The Morgan fingerprint density at radius 2 is 1.65 bits per heavy atom. The molecule has 0 radical (unpaired) electrons. The Morgan fingerprint density at radius 1 is 1.00 bits per heavy atom. The SMILES string of the molecule is CC(C)(C)C(=O)COC(=O)c1ccccc1OCC(=O)Nc1ccc(SC(F)F)cc1. The van der Waals surface area contributed by atoms with Crippen LogP contribution in [0.1, 0.15) is 31.1 Å². The summed E-state index contributed by atoms with van der Waals surface area (Å²) in [6.45, 7) is 4.42. The third-order valence-electron chi connectivity index (χ3n) is 4.00. The van der Waals surface area contributed by atoms with E-state index < -0.39 is 29.7 Å². The number of Topliss-reactive ketones (excluding diaryl/α,β-unsaturated/α-hetero) is 1. The minimum Gasteiger partial charge on any atom is -0.483 e. The van der Waals surface area contributed by atoms with Crippen molar-refractivity contribution >= 4 is 35.1 Å². The molecule has 0 aliphatic heterocycles. The first-order valence-electron chi connectivity index (χ1n) is 9.33. The van der Waals surface area contributed by atoms with Gasteiger partial charge in [-0.15, -0.1) is 0 Å². The summed E-state index contributed by atoms with van der Waals surface area (Å²) < 4.78 is 35.2. The Labute approximate surface area is 183 Å². The van der Waals surface area contributed by atoms with Gasteiger partial charge >= 0.3 is 5.97 Å². The number of rotatable bonds is 9. The second-order valence-corrected chi connectivity index (χ2v) is 8.55. The molecule has 0 aromatic heterocycles. The number of thioether (sulfide) groups is 1. The van der Waals surface area contributed by atoms with E-state index in [1.54, 1.807) is 32.9 Å². The van der Waals surface area contributed by atoms with Crippen molar-refractivity contribution in [1.29, 1.82) is 0 Å². The molecule has 2 rings (SSSR count). The summed E-state index contributed by atoms with van der Waals surface area (Å²) in [5.74, 6) is -3.85. The molecule has 0 saturated carbocycles. The van der Waals surface area contributed by atoms with Crippen LogP contribution in [-0.4, -0.2) is 36.6 Å². The number of amides is 1. The van der Waals surface area contributed by atoms with Crippen LogP contribution in [0.2, 0.25) is 0 Å². The van der Waals surface area contributed by atoms with E-state index in [0.29, 0.717) is 22.3 Å². The molecule has 0 bridgehead atoms. The zero-order valence-corrected chi connectivity index (χ0v) is 18.1. The summed E-state index contributed by atoms with van der Waals surface area (Å²) in [6.07, 6.45) is 0. The molecule has 0 unspecified atom stereocenters. The average molecular weight is 451 g/mol. The molecule has 2 aromatic carbocycles. The zero-order valence-electron chi connectivity index (χ0n) is 17.3. The molecule has 0 aliphatic carbocycles. The van der Waals surface area contributed by atoms with Crippen LogP contribution in [0.4, 0.5) is 14.5 Å². The van der Waals surface area contributed by atoms with Gasteiger partial charge in [0.05, 0.1) is 0 Å². The third-order valence-corrected chi connectivity index (χ3v) is 4.72. The normalized spacial score (nSPS) is 11.2. The predicted molar refractivity (Wildman–Crippen MR) is 114 cm³/mol. The number of ketones is 1. The Bertz CT molecular complexity index is 926. The molecular weight excluding hydrogens is 428 g/mol. The number of ether oxygens (including phenoxy) is 2. The number of benzene rings is 2. The van der Waals surface area contributed by atoms with E-state index >= 15 is 0 Å². The number of para-hydroxylation sites is 1. The van der Waals surface area contributed by atoms with Gasteiger partial charge in [0.25, 0.3) is 11.7 Å². The maximum absolute atomic E-state index is 12.3. The van der Waals surface area contributed by atoms with Crippen molar-refractivity contribution in [3.05, 3.63) is 54.1 Å². The van der Waals surface area contributed by atoms with Gasteiger partial charge in [-0.2, -0.15) is 8.78 Å². The van der Waals surface area contributed by atoms with Gasteiger partial charge in [0, 0.05) is 16.0 Å². The molecule has 0 atom stereocenters. The van der Waals surface area contributed by atoms with Crippen molar-refractivity contribution in [3.63, 3.8) is 0 Å². The van der Waals surface area contributed by atoms with Crippen LogP contribution >= 0.6 is 11.8 Å². The molecule has 0 fully saturated rings. The first kappa shape index (κ1) is 24.3. The summed E-state index contributed by atoms with van der Waals surface area (Å²) in [7, 11) is 0. The monoisotopic (exact) mass is 451 g/mol. The molecule has 6 nitrogen and oxygen atoms in total. The predicted octanol–water partition coefficient (Wildman–Crippen LogP) is 4.79. The summed E-state index contributed by atoms with van der Waals surface area (Å²) in [6, 6.07) is 12.1. The van der Waals surface area contributed by atoms with Crippen LogP contribution in [0.25, 0.3) is 0 Å². The Hall–Kier alpha value is -2.94. The summed E-state index contributed by atoms with van der Waals surface area (Å²) in [4.78, 5) is 36.8. The van der Waals surface area contributed by atoms with Crippen molar-refractivity contribution < 1.29 is 32.6 Å². The molecule has 0 aliphatic rings. The smallest absolute Gasteiger partial charge is 0.342 e. The van der Waals surface area contributed by atoms with Crippen LogP contribution in [0, 0.1) is 5.41 Å². The van der Waals surface area contributed by atoms with Crippen LogP contribution < -0.4 is 10.1 Å². The second-order valence-electron chi connectivity index (χ2n) is 7.49. The standard InChI is InChI=1S/C22H23F2NO5S/c1-22(2,3)18(26)12-30-20(28)16-6-4-5-7-17(16)29-13-19(27)25-14-8-10-15(11-9-14)31-21(23)24/h4-11,21H,12-13H2,1-3H3,(H,25,27). The minimum absolute atomic E-state index is 0.0883. The fourth-order valence-electron chi connectivity index (χ4n) is 2.25. The van der Waals surface area contributed by atoms with Gasteiger partial charge in [-0.3, -0.25) is 9.59 Å². The number of nitrogens with one attached hydrogen (secondary N) is 1. The maximum Gasteiger partial charge on any atom is 0.342 e. The number of hydrogen-bond donors (Lipinski definition) is 1. The van der Waals surface area contributed by atoms with Gasteiger partial charge in [-0.05, 0) is 36.4 Å². The Morgan fingerprint density at radius 3 is 2.26 bits per heavy atom. The number of hydrogen-bond acceptors (Lipinski definition) is 6. The quantitative estimate of drug-likeness (QED) is 0.436. The van der Waals surface area contributed by atoms with Gasteiger partial charge < -0.3 is 14.8 Å². The van der Waals surface area contributed by atoms with E-state index in [2.05, 4.69) is 5.32 Å². The first-order chi connectivity index (χ1) is 14.6. The topological polar surface area (TPSA) is 81.7 Å². The van der Waals surface area contributed by atoms with Gasteiger partial charge in [-0.25, -0.2) is 4.79 Å². The van der Waals surface area contributed by atoms with Crippen LogP contribution in [-0.2, 0) is 14.3 Å². The summed E-state index contributed by atoms with van der Waals surface area (Å²) >= 11 is 0.409. The number of halogens is 2. The number of carbonyl (C=O) groups is 3. The first-order valence-corrected chi connectivity index (χ1v) is 10.2. The van der Waals surface area contributed by atoms with Crippen molar-refractivity contribution in [2.24, 2.45) is 5.41 Å². The fraction of sp³-hybridized carbons (Fsp3) is 0.318. The van der Waals surface area contributed by atoms with E-state index in [1.165, 1.54) is 36.4 Å². The van der Waals surface area contributed by atoms with Gasteiger partial charge in [0.2, 0.25) is 0 Å². The number of carbonyl (C=O) groups excluding carboxylic acids is 3. The van der Waals surface area contributed by atoms with Gasteiger partial charge in [0.1, 0.15) is 11.3 Å². The largest absolute Gasteiger partial charge is 0.483 e. The molecule has 0 heterocycles. The molecule has 1 amide bonds. The summed E-state index contributed by atoms with van der Waals surface area (Å²) in [5, 5.41) is 2.58. The highest BCUT2D eigenvalue weighted by Crippen LogP contribution is 2.26. The van der Waals surface area contributed by atoms with Crippen molar-refractivity contribution in [2.75, 3.05) is 18.5 Å². The molecule has 31 heavy (non-hydrogen) atoms. The number of anilines is 1. The molecule has 0 spiro atoms. The molecule has 0 saturated heterocycles. The van der Waals surface area contributed by atoms with Gasteiger partial charge in [-0.1, -0.05) is 44.7 Å². The van der Waals surface area contributed by atoms with E-state index in [4.69, 9.17) is 9.47 Å². The van der Waals surface area contributed by atoms with Crippen LogP contribution in [0.15, 0.2) is 53.4 Å². The highest BCUT2D eigenvalue weighted by atomic mass is 32.2. The van der Waals surface area contributed by atoms with Gasteiger partial charge in [0.15, 0.2) is 19.0 Å². The minimum atomic E-state index is -2.52. The van der Waals surface area contributed by atoms with E-state index in [1.807, 2.05) is 0 Å². The van der Waals surface area contributed by atoms with Crippen molar-refractivity contribution in [3.8, 4) is 5.75 Å². The molecule has 166 valence electrons. The lowest BCUT2D eigenvalue weighted by molar-refractivity contribution is -0.129. The maximum atomic E-state index is 12.3. The lowest BCUT2D eigenvalue weighted by Crippen LogP contribution is -2.26. The fourth-order valence-corrected chi connectivity index (χ4v) is 2.75. The average Bonchev–Trinajstić information content (AvgIpc) is 2.70. The molecular formula is C22H23F2NO5S. The second kappa shape index (κ2) is 10.9. The van der Waals surface area contributed by atoms with Crippen LogP contribution in [0.3, 0.4) is 0 Å². The Kier molecular flexibility index (Phi) is 8.56. The number of esters is 1. The highest BCUT2D eigenvalue weighted by Gasteiger charge is 2.23. The molecule has 9 heteroatoms. The Balaban J connectivity index is 1.92. The molecule has 2 aromatic rings. The lowest BCUT2D eigenvalue weighted by Gasteiger charge is -2.16. The van der Waals surface area contributed by atoms with E-state index in [0.717, 1.165) is 0 Å². The van der Waals surface area contributed by atoms with E-state index in [9.17, 15) is 23.2 Å². The number of alkyl halides is 2. The third kappa shape index (κ3) is 8.01. The summed E-state index contributed by atoms with van der Waals surface area (Å²) in [5.41, 5.74) is -0.129. The van der Waals surface area contributed by atoms with E-state index in [-0.39, 0.29) is 23.7 Å².